The lowest BCUT2D eigenvalue weighted by Gasteiger charge is -2.32. The van der Waals surface area contributed by atoms with E-state index < -0.39 is 10.0 Å². The average Bonchev–Trinajstić information content (AvgIpc) is 2.62. The fourth-order valence-corrected chi connectivity index (χ4v) is 4.97. The van der Waals surface area contributed by atoms with Crippen LogP contribution in [-0.2, 0) is 10.0 Å². The van der Waals surface area contributed by atoms with Gasteiger partial charge in [0.15, 0.2) is 0 Å². The summed E-state index contributed by atoms with van der Waals surface area (Å²) in [6, 6.07) is 16.7. The monoisotopic (exact) mass is 345 g/mol. The van der Waals surface area contributed by atoms with E-state index in [2.05, 4.69) is 0 Å². The van der Waals surface area contributed by atoms with Gasteiger partial charge in [-0.2, -0.15) is 4.31 Å². The van der Waals surface area contributed by atoms with Gasteiger partial charge in [0.25, 0.3) is 0 Å². The van der Waals surface area contributed by atoms with Crippen molar-refractivity contribution >= 4 is 10.0 Å². The normalized spacial score (nSPS) is 18.4. The Kier molecular flexibility index (Phi) is 5.04. The minimum Gasteiger partial charge on any atom is -0.393 e. The lowest BCUT2D eigenvalue weighted by Crippen LogP contribution is -2.40. The zero-order chi connectivity index (χ0) is 17.2. The molecular weight excluding hydrogens is 322 g/mol. The second-order valence-corrected chi connectivity index (χ2v) is 8.25. The third-order valence-corrected chi connectivity index (χ3v) is 6.73. The minimum atomic E-state index is -3.54. The van der Waals surface area contributed by atoms with E-state index in [1.54, 1.807) is 23.4 Å². The van der Waals surface area contributed by atoms with Gasteiger partial charge in [0.2, 0.25) is 10.0 Å². The summed E-state index contributed by atoms with van der Waals surface area (Å²) < 4.78 is 27.8. The molecule has 1 unspecified atom stereocenters. The van der Waals surface area contributed by atoms with E-state index in [1.807, 2.05) is 42.5 Å². The predicted octanol–water partition coefficient (Wildman–Crippen LogP) is 3.14. The van der Waals surface area contributed by atoms with Crippen LogP contribution in [0.25, 0.3) is 11.1 Å². The Balaban J connectivity index is 1.92. The first-order valence-electron chi connectivity index (χ1n) is 8.33. The van der Waals surface area contributed by atoms with Gasteiger partial charge in [-0.25, -0.2) is 8.42 Å². The molecule has 1 aliphatic heterocycles. The Hall–Kier alpha value is -1.69. The van der Waals surface area contributed by atoms with E-state index in [1.165, 1.54) is 0 Å². The van der Waals surface area contributed by atoms with Crippen molar-refractivity contribution in [2.24, 2.45) is 5.92 Å². The molecule has 0 spiro atoms. The van der Waals surface area contributed by atoms with Crippen molar-refractivity contribution in [3.8, 4) is 11.1 Å². The second kappa shape index (κ2) is 7.05. The summed E-state index contributed by atoms with van der Waals surface area (Å²) in [5, 5.41) is 9.71. The number of benzene rings is 2. The molecule has 2 aromatic carbocycles. The molecule has 0 amide bonds. The molecular formula is C19H23NO3S. The van der Waals surface area contributed by atoms with Crippen molar-refractivity contribution in [1.29, 1.82) is 0 Å². The number of aliphatic hydroxyl groups is 1. The summed E-state index contributed by atoms with van der Waals surface area (Å²) in [7, 11) is -3.54. The van der Waals surface area contributed by atoms with Crippen LogP contribution in [0.4, 0.5) is 0 Å². The van der Waals surface area contributed by atoms with E-state index in [0.29, 0.717) is 30.8 Å². The number of rotatable bonds is 4. The first-order valence-corrected chi connectivity index (χ1v) is 9.77. The maximum absolute atomic E-state index is 13.1. The highest BCUT2D eigenvalue weighted by Gasteiger charge is 2.32. The van der Waals surface area contributed by atoms with Crippen LogP contribution in [0.5, 0.6) is 0 Å². The van der Waals surface area contributed by atoms with Crippen LogP contribution in [0.1, 0.15) is 19.8 Å². The molecule has 0 radical (unpaired) electrons. The number of aliphatic hydroxyl groups excluding tert-OH is 1. The van der Waals surface area contributed by atoms with Gasteiger partial charge < -0.3 is 5.11 Å². The van der Waals surface area contributed by atoms with Gasteiger partial charge in [-0.15, -0.1) is 0 Å². The molecule has 1 heterocycles. The van der Waals surface area contributed by atoms with Gasteiger partial charge in [0.05, 0.1) is 11.0 Å². The van der Waals surface area contributed by atoms with Gasteiger partial charge in [0, 0.05) is 18.7 Å². The van der Waals surface area contributed by atoms with Crippen molar-refractivity contribution in [3.05, 3.63) is 54.6 Å². The van der Waals surface area contributed by atoms with Gasteiger partial charge in [-0.3, -0.25) is 0 Å². The molecule has 5 heteroatoms. The summed E-state index contributed by atoms with van der Waals surface area (Å²) in [6.07, 6.45) is 1.01. The molecule has 1 atom stereocenters. The molecule has 2 aromatic rings. The predicted molar refractivity (Wildman–Crippen MR) is 95.0 cm³/mol. The van der Waals surface area contributed by atoms with E-state index in [-0.39, 0.29) is 12.0 Å². The van der Waals surface area contributed by atoms with E-state index in [9.17, 15) is 13.5 Å². The Morgan fingerprint density at radius 1 is 1.00 bits per heavy atom. The number of hydrogen-bond donors (Lipinski definition) is 1. The molecule has 1 saturated heterocycles. The Morgan fingerprint density at radius 2 is 1.58 bits per heavy atom. The Bertz CT molecular complexity index is 779. The summed E-state index contributed by atoms with van der Waals surface area (Å²) in [5.41, 5.74) is 1.63. The van der Waals surface area contributed by atoms with Crippen LogP contribution >= 0.6 is 0 Å². The second-order valence-electron chi connectivity index (χ2n) is 6.34. The van der Waals surface area contributed by atoms with Crippen LogP contribution in [-0.4, -0.2) is 37.0 Å². The maximum Gasteiger partial charge on any atom is 0.243 e. The highest BCUT2D eigenvalue weighted by molar-refractivity contribution is 7.89. The fraction of sp³-hybridized carbons (Fsp3) is 0.368. The Morgan fingerprint density at radius 3 is 2.21 bits per heavy atom. The third-order valence-electron chi connectivity index (χ3n) is 4.77. The standard InChI is InChI=1S/C19H23NO3S/c1-15(21)16-11-13-20(14-12-16)24(22,23)19-10-6-5-9-18(19)17-7-3-2-4-8-17/h2-10,15-16,21H,11-14H2,1H3. The average molecular weight is 345 g/mol. The van der Waals surface area contributed by atoms with Crippen LogP contribution < -0.4 is 0 Å². The van der Waals surface area contributed by atoms with Crippen molar-refractivity contribution in [3.63, 3.8) is 0 Å². The van der Waals surface area contributed by atoms with Gasteiger partial charge >= 0.3 is 0 Å². The minimum absolute atomic E-state index is 0.181. The molecule has 1 N–H and O–H groups in total. The van der Waals surface area contributed by atoms with Crippen molar-refractivity contribution in [2.75, 3.05) is 13.1 Å². The summed E-state index contributed by atoms with van der Waals surface area (Å²) >= 11 is 0. The number of piperidine rings is 1. The molecule has 128 valence electrons. The SMILES string of the molecule is CC(O)C1CCN(S(=O)(=O)c2ccccc2-c2ccccc2)CC1. The molecule has 0 aromatic heterocycles. The molecule has 0 aliphatic carbocycles. The first kappa shape index (κ1) is 17.1. The van der Waals surface area contributed by atoms with Crippen LogP contribution in [0.15, 0.2) is 59.5 Å². The van der Waals surface area contributed by atoms with Crippen LogP contribution in [0, 0.1) is 5.92 Å². The molecule has 0 saturated carbocycles. The van der Waals surface area contributed by atoms with Gasteiger partial charge in [0.1, 0.15) is 0 Å². The zero-order valence-corrected chi connectivity index (χ0v) is 14.6. The zero-order valence-electron chi connectivity index (χ0n) is 13.8. The smallest absolute Gasteiger partial charge is 0.243 e. The third kappa shape index (κ3) is 3.38. The maximum atomic E-state index is 13.1. The number of sulfonamides is 1. The van der Waals surface area contributed by atoms with Gasteiger partial charge in [-0.05, 0) is 37.3 Å². The quantitative estimate of drug-likeness (QED) is 0.926. The van der Waals surface area contributed by atoms with E-state index >= 15 is 0 Å². The van der Waals surface area contributed by atoms with Crippen molar-refractivity contribution in [1.82, 2.24) is 4.31 Å². The van der Waals surface area contributed by atoms with E-state index in [0.717, 1.165) is 11.1 Å². The number of hydrogen-bond acceptors (Lipinski definition) is 3. The molecule has 1 fully saturated rings. The van der Waals surface area contributed by atoms with Gasteiger partial charge in [-0.1, -0.05) is 48.5 Å². The topological polar surface area (TPSA) is 57.6 Å². The van der Waals surface area contributed by atoms with Crippen LogP contribution in [0.2, 0.25) is 0 Å². The van der Waals surface area contributed by atoms with Crippen LogP contribution in [0.3, 0.4) is 0 Å². The lowest BCUT2D eigenvalue weighted by atomic mass is 9.93. The highest BCUT2D eigenvalue weighted by Crippen LogP contribution is 2.31. The highest BCUT2D eigenvalue weighted by atomic mass is 32.2. The van der Waals surface area contributed by atoms with E-state index in [4.69, 9.17) is 0 Å². The van der Waals surface area contributed by atoms with Crippen molar-refractivity contribution < 1.29 is 13.5 Å². The largest absolute Gasteiger partial charge is 0.393 e. The van der Waals surface area contributed by atoms with Crippen molar-refractivity contribution in [2.45, 2.75) is 30.8 Å². The summed E-state index contributed by atoms with van der Waals surface area (Å²) in [6.45, 7) is 2.70. The lowest BCUT2D eigenvalue weighted by molar-refractivity contribution is 0.0912. The Labute approximate surface area is 143 Å². The first-order chi connectivity index (χ1) is 11.5. The summed E-state index contributed by atoms with van der Waals surface area (Å²) in [4.78, 5) is 0.353. The molecule has 24 heavy (non-hydrogen) atoms. The summed E-state index contributed by atoms with van der Waals surface area (Å²) in [5.74, 6) is 0.181. The molecule has 0 bridgehead atoms. The fourth-order valence-electron chi connectivity index (χ4n) is 3.29. The molecule has 3 rings (SSSR count). The molecule has 1 aliphatic rings. The number of nitrogens with zero attached hydrogens (tertiary/aromatic N) is 1. The molecule has 4 nitrogen and oxygen atoms in total.